The van der Waals surface area contributed by atoms with Gasteiger partial charge < -0.3 is 24.5 Å². The highest BCUT2D eigenvalue weighted by molar-refractivity contribution is 6.30. The zero-order valence-electron chi connectivity index (χ0n) is 23.0. The van der Waals surface area contributed by atoms with Crippen molar-refractivity contribution >= 4 is 29.5 Å². The zero-order valence-corrected chi connectivity index (χ0v) is 23.8. The monoisotopic (exact) mass is 586 g/mol. The van der Waals surface area contributed by atoms with E-state index in [1.54, 1.807) is 19.2 Å². The van der Waals surface area contributed by atoms with Crippen molar-refractivity contribution in [3.8, 4) is 5.75 Å². The number of carbonyl (C=O) groups is 3. The number of piperidine rings is 2. The van der Waals surface area contributed by atoms with Gasteiger partial charge in [0.15, 0.2) is 0 Å². The Kier molecular flexibility index (Phi) is 9.11. The lowest BCUT2D eigenvalue weighted by atomic mass is 9.92. The third-order valence-electron chi connectivity index (χ3n) is 8.60. The normalized spacial score (nSPS) is 25.2. The van der Waals surface area contributed by atoms with Gasteiger partial charge in [-0.25, -0.2) is 9.18 Å². The van der Waals surface area contributed by atoms with Crippen molar-refractivity contribution in [2.24, 2.45) is 11.8 Å². The standard InChI is InChI=1S/C30H36ClFN4O5/c1-34(30(40)41-24-9-7-23(32)8-10-24)26-18-36(17-25(26)19-2-5-22(31)6-3-19)28(38)20-12-14-35(15-13-20)29(39)21-4-11-27(37)33-16-21/h2-3,5-10,20-21,25-27,33,37H,4,11-18H2,1H3. The summed E-state index contributed by atoms with van der Waals surface area (Å²) in [7, 11) is 1.65. The van der Waals surface area contributed by atoms with Gasteiger partial charge in [0.25, 0.3) is 0 Å². The fourth-order valence-corrected chi connectivity index (χ4v) is 6.25. The van der Waals surface area contributed by atoms with E-state index in [2.05, 4.69) is 5.32 Å². The van der Waals surface area contributed by atoms with Gasteiger partial charge in [0.2, 0.25) is 11.8 Å². The van der Waals surface area contributed by atoms with Gasteiger partial charge in [-0.05, 0) is 67.6 Å². The Hall–Kier alpha value is -3.21. The first-order chi connectivity index (χ1) is 19.7. The molecule has 2 aromatic rings. The van der Waals surface area contributed by atoms with Crippen LogP contribution < -0.4 is 10.1 Å². The van der Waals surface area contributed by atoms with Gasteiger partial charge in [-0.1, -0.05) is 23.7 Å². The van der Waals surface area contributed by atoms with Crippen LogP contribution in [0.2, 0.25) is 5.02 Å². The lowest BCUT2D eigenvalue weighted by Gasteiger charge is -2.36. The minimum atomic E-state index is -0.591. The Balaban J connectivity index is 1.24. The summed E-state index contributed by atoms with van der Waals surface area (Å²) in [6, 6.07) is 12.3. The summed E-state index contributed by atoms with van der Waals surface area (Å²) in [5.41, 5.74) is 0.961. The average molecular weight is 587 g/mol. The fourth-order valence-electron chi connectivity index (χ4n) is 6.12. The second-order valence-electron chi connectivity index (χ2n) is 11.2. The van der Waals surface area contributed by atoms with Gasteiger partial charge in [0.05, 0.1) is 12.0 Å². The number of ether oxygens (including phenoxy) is 1. The van der Waals surface area contributed by atoms with Gasteiger partial charge in [-0.2, -0.15) is 0 Å². The highest BCUT2D eigenvalue weighted by Gasteiger charge is 2.43. The minimum Gasteiger partial charge on any atom is -0.410 e. The first-order valence-electron chi connectivity index (χ1n) is 14.1. The van der Waals surface area contributed by atoms with Crippen LogP contribution in [0, 0.1) is 17.7 Å². The zero-order chi connectivity index (χ0) is 29.1. The van der Waals surface area contributed by atoms with Crippen LogP contribution in [-0.4, -0.2) is 89.8 Å². The molecule has 220 valence electrons. The SMILES string of the molecule is CN(C(=O)Oc1ccc(F)cc1)C1CN(C(=O)C2CCN(C(=O)C3CCC(O)NC3)CC2)CC1c1ccc(Cl)cc1. The van der Waals surface area contributed by atoms with Crippen molar-refractivity contribution in [1.29, 1.82) is 0 Å². The van der Waals surface area contributed by atoms with Crippen molar-refractivity contribution in [1.82, 2.24) is 20.0 Å². The molecule has 3 saturated heterocycles. The molecule has 11 heteroatoms. The van der Waals surface area contributed by atoms with E-state index < -0.39 is 18.1 Å². The van der Waals surface area contributed by atoms with Gasteiger partial charge in [-0.15, -0.1) is 0 Å². The largest absolute Gasteiger partial charge is 0.415 e. The molecule has 41 heavy (non-hydrogen) atoms. The second-order valence-corrected chi connectivity index (χ2v) is 11.6. The molecule has 3 heterocycles. The van der Waals surface area contributed by atoms with Crippen LogP contribution in [0.5, 0.6) is 5.75 Å². The van der Waals surface area contributed by atoms with E-state index in [4.69, 9.17) is 16.3 Å². The maximum Gasteiger partial charge on any atom is 0.415 e. The molecule has 0 spiro atoms. The molecule has 2 aromatic carbocycles. The van der Waals surface area contributed by atoms with E-state index in [1.807, 2.05) is 21.9 Å². The smallest absolute Gasteiger partial charge is 0.410 e. The Morgan fingerprint density at radius 3 is 2.22 bits per heavy atom. The molecule has 3 amide bonds. The lowest BCUT2D eigenvalue weighted by Crippen LogP contribution is -2.50. The maximum atomic E-state index is 13.7. The number of rotatable bonds is 5. The van der Waals surface area contributed by atoms with Crippen LogP contribution in [-0.2, 0) is 9.59 Å². The highest BCUT2D eigenvalue weighted by atomic mass is 35.5. The lowest BCUT2D eigenvalue weighted by molar-refractivity contribution is -0.143. The van der Waals surface area contributed by atoms with Crippen LogP contribution in [0.4, 0.5) is 9.18 Å². The second kappa shape index (κ2) is 12.8. The molecule has 0 bridgehead atoms. The molecular formula is C30H36ClFN4O5. The van der Waals surface area contributed by atoms with E-state index in [9.17, 15) is 23.9 Å². The highest BCUT2D eigenvalue weighted by Crippen LogP contribution is 2.34. The summed E-state index contributed by atoms with van der Waals surface area (Å²) in [5.74, 6) is -0.577. The Bertz CT molecular complexity index is 1230. The number of nitrogens with one attached hydrogen (secondary N) is 1. The van der Waals surface area contributed by atoms with Crippen LogP contribution in [0.25, 0.3) is 0 Å². The number of likely N-dealkylation sites (tertiary alicyclic amines) is 2. The first-order valence-corrected chi connectivity index (χ1v) is 14.5. The van der Waals surface area contributed by atoms with E-state index in [1.165, 1.54) is 29.2 Å². The third kappa shape index (κ3) is 6.82. The molecule has 4 unspecified atom stereocenters. The number of aliphatic hydroxyl groups is 1. The quantitative estimate of drug-likeness (QED) is 0.556. The summed E-state index contributed by atoms with van der Waals surface area (Å²) in [5, 5.41) is 13.2. The molecule has 9 nitrogen and oxygen atoms in total. The number of carbonyl (C=O) groups excluding carboxylic acids is 3. The summed E-state index contributed by atoms with van der Waals surface area (Å²) >= 11 is 6.12. The molecule has 0 aromatic heterocycles. The van der Waals surface area contributed by atoms with Gasteiger partial charge in [-0.3, -0.25) is 14.9 Å². The number of hydrogen-bond acceptors (Lipinski definition) is 6. The van der Waals surface area contributed by atoms with Crippen molar-refractivity contribution in [2.75, 3.05) is 39.8 Å². The Morgan fingerprint density at radius 2 is 1.59 bits per heavy atom. The molecule has 5 rings (SSSR count). The Labute approximate surface area is 244 Å². The molecule has 3 aliphatic heterocycles. The van der Waals surface area contributed by atoms with E-state index in [0.29, 0.717) is 63.4 Å². The summed E-state index contributed by atoms with van der Waals surface area (Å²) in [6.45, 7) is 2.30. The van der Waals surface area contributed by atoms with Crippen LogP contribution in [0.3, 0.4) is 0 Å². The first kappa shape index (κ1) is 29.3. The van der Waals surface area contributed by atoms with Crippen molar-refractivity contribution in [3.63, 3.8) is 0 Å². The number of likely N-dealkylation sites (N-methyl/N-ethyl adjacent to an activating group) is 1. The number of hydrogen-bond donors (Lipinski definition) is 2. The third-order valence-corrected chi connectivity index (χ3v) is 8.85. The van der Waals surface area contributed by atoms with Crippen LogP contribution in [0.15, 0.2) is 48.5 Å². The van der Waals surface area contributed by atoms with Gasteiger partial charge >= 0.3 is 6.09 Å². The number of aliphatic hydroxyl groups excluding tert-OH is 1. The molecule has 0 aliphatic carbocycles. The predicted octanol–water partition coefficient (Wildman–Crippen LogP) is 3.46. The molecular weight excluding hydrogens is 551 g/mol. The maximum absolute atomic E-state index is 13.7. The summed E-state index contributed by atoms with van der Waals surface area (Å²) in [4.78, 5) is 44.9. The Morgan fingerprint density at radius 1 is 0.927 bits per heavy atom. The topological polar surface area (TPSA) is 102 Å². The van der Waals surface area contributed by atoms with Gasteiger partial charge in [0, 0.05) is 56.6 Å². The number of nitrogens with zero attached hydrogens (tertiary/aromatic N) is 3. The fraction of sp³-hybridized carbons (Fsp3) is 0.500. The molecule has 4 atom stereocenters. The molecule has 3 fully saturated rings. The van der Waals surface area contributed by atoms with Gasteiger partial charge in [0.1, 0.15) is 17.8 Å². The van der Waals surface area contributed by atoms with E-state index in [-0.39, 0.29) is 41.4 Å². The average Bonchev–Trinajstić information content (AvgIpc) is 3.43. The van der Waals surface area contributed by atoms with Crippen molar-refractivity contribution < 1.29 is 28.6 Å². The summed E-state index contributed by atoms with van der Waals surface area (Å²) in [6.07, 6.45) is 1.25. The number of benzene rings is 2. The van der Waals surface area contributed by atoms with Crippen molar-refractivity contribution in [3.05, 3.63) is 64.9 Å². The molecule has 0 saturated carbocycles. The molecule has 3 aliphatic rings. The molecule has 2 N–H and O–H groups in total. The summed E-state index contributed by atoms with van der Waals surface area (Å²) < 4.78 is 18.8. The van der Waals surface area contributed by atoms with Crippen molar-refractivity contribution in [2.45, 2.75) is 43.9 Å². The minimum absolute atomic E-state index is 0.0290. The number of amides is 3. The number of halogens is 2. The van der Waals surface area contributed by atoms with E-state index in [0.717, 1.165) is 5.56 Å². The molecule has 0 radical (unpaired) electrons. The van der Waals surface area contributed by atoms with E-state index >= 15 is 0 Å². The van der Waals surface area contributed by atoms with Crippen LogP contribution >= 0.6 is 11.6 Å². The van der Waals surface area contributed by atoms with Crippen LogP contribution in [0.1, 0.15) is 37.2 Å². The predicted molar refractivity (Wildman–Crippen MR) is 151 cm³/mol.